The van der Waals surface area contributed by atoms with Crippen molar-refractivity contribution in [2.24, 2.45) is 0 Å². The first-order valence-corrected chi connectivity index (χ1v) is 7.54. The zero-order valence-corrected chi connectivity index (χ0v) is 13.5. The molecule has 0 saturated heterocycles. The molecule has 7 heteroatoms. The maximum atomic E-state index is 12.8. The van der Waals surface area contributed by atoms with Crippen molar-refractivity contribution in [2.75, 3.05) is 6.61 Å². The van der Waals surface area contributed by atoms with Crippen LogP contribution in [-0.2, 0) is 20.9 Å². The summed E-state index contributed by atoms with van der Waals surface area (Å²) in [6, 6.07) is 10.8. The Balaban J connectivity index is 1.72. The van der Waals surface area contributed by atoms with Gasteiger partial charge in [0.2, 0.25) is 0 Å². The van der Waals surface area contributed by atoms with Crippen LogP contribution in [0.25, 0.3) is 0 Å². The van der Waals surface area contributed by atoms with Gasteiger partial charge in [-0.2, -0.15) is 0 Å². The van der Waals surface area contributed by atoms with E-state index in [9.17, 15) is 18.4 Å². The molecule has 132 valence electrons. The standard InChI is InChI=1S/C18H17F2NO4/c1-12(18(23)21-10-13-2-4-14(19)5-3-13)25-17(22)11-24-16-8-6-15(20)7-9-16/h2-9,12H,10-11H2,1H3,(H,21,23)/t12-/m0/s1. The molecule has 1 amide bonds. The molecular formula is C18H17F2NO4. The average molecular weight is 349 g/mol. The Morgan fingerprint density at radius 1 is 1.00 bits per heavy atom. The molecule has 0 spiro atoms. The van der Waals surface area contributed by atoms with Crippen LogP contribution in [0.4, 0.5) is 8.78 Å². The first-order valence-electron chi connectivity index (χ1n) is 7.54. The van der Waals surface area contributed by atoms with E-state index in [2.05, 4.69) is 5.32 Å². The molecule has 0 aliphatic heterocycles. The zero-order valence-electron chi connectivity index (χ0n) is 13.5. The van der Waals surface area contributed by atoms with Gasteiger partial charge >= 0.3 is 5.97 Å². The molecule has 2 aromatic rings. The van der Waals surface area contributed by atoms with Gasteiger partial charge in [-0.05, 0) is 48.9 Å². The van der Waals surface area contributed by atoms with E-state index in [1.165, 1.54) is 43.3 Å². The van der Waals surface area contributed by atoms with E-state index in [0.29, 0.717) is 11.3 Å². The van der Waals surface area contributed by atoms with Crippen LogP contribution in [0.5, 0.6) is 5.75 Å². The van der Waals surface area contributed by atoms with Crippen LogP contribution < -0.4 is 10.1 Å². The predicted octanol–water partition coefficient (Wildman–Crippen LogP) is 2.59. The van der Waals surface area contributed by atoms with Crippen molar-refractivity contribution in [1.82, 2.24) is 5.32 Å². The molecule has 2 aromatic carbocycles. The summed E-state index contributed by atoms with van der Waals surface area (Å²) >= 11 is 0. The van der Waals surface area contributed by atoms with Crippen LogP contribution in [0.3, 0.4) is 0 Å². The van der Waals surface area contributed by atoms with Gasteiger partial charge in [-0.15, -0.1) is 0 Å². The van der Waals surface area contributed by atoms with Gasteiger partial charge in [-0.25, -0.2) is 13.6 Å². The topological polar surface area (TPSA) is 64.6 Å². The van der Waals surface area contributed by atoms with Crippen molar-refractivity contribution in [3.63, 3.8) is 0 Å². The molecule has 0 aliphatic rings. The fourth-order valence-corrected chi connectivity index (χ4v) is 1.89. The number of halogens is 2. The second-order valence-corrected chi connectivity index (χ2v) is 5.22. The van der Waals surface area contributed by atoms with Crippen LogP contribution in [0.2, 0.25) is 0 Å². The third-order valence-electron chi connectivity index (χ3n) is 3.23. The number of hydrogen-bond donors (Lipinski definition) is 1. The summed E-state index contributed by atoms with van der Waals surface area (Å²) < 4.78 is 35.6. The maximum Gasteiger partial charge on any atom is 0.344 e. The molecule has 0 unspecified atom stereocenters. The summed E-state index contributed by atoms with van der Waals surface area (Å²) in [7, 11) is 0. The van der Waals surface area contributed by atoms with E-state index in [0.717, 1.165) is 0 Å². The van der Waals surface area contributed by atoms with Crippen LogP contribution in [-0.4, -0.2) is 24.6 Å². The average Bonchev–Trinajstić information content (AvgIpc) is 2.60. The summed E-state index contributed by atoms with van der Waals surface area (Å²) in [5.74, 6) is -1.68. The second kappa shape index (κ2) is 8.77. The molecule has 1 N–H and O–H groups in total. The molecule has 0 aromatic heterocycles. The fraction of sp³-hybridized carbons (Fsp3) is 0.222. The minimum Gasteiger partial charge on any atom is -0.482 e. The van der Waals surface area contributed by atoms with Crippen molar-refractivity contribution in [1.29, 1.82) is 0 Å². The summed E-state index contributed by atoms with van der Waals surface area (Å²) in [4.78, 5) is 23.6. The minimum atomic E-state index is -1.01. The van der Waals surface area contributed by atoms with E-state index < -0.39 is 30.4 Å². The number of benzene rings is 2. The highest BCUT2D eigenvalue weighted by molar-refractivity contribution is 5.83. The van der Waals surface area contributed by atoms with Crippen LogP contribution in [0.15, 0.2) is 48.5 Å². The summed E-state index contributed by atoms with van der Waals surface area (Å²) in [5, 5.41) is 2.58. The molecule has 0 radical (unpaired) electrons. The largest absolute Gasteiger partial charge is 0.482 e. The SMILES string of the molecule is C[C@H](OC(=O)COc1ccc(F)cc1)C(=O)NCc1ccc(F)cc1. The number of carbonyl (C=O) groups excluding carboxylic acids is 2. The lowest BCUT2D eigenvalue weighted by Crippen LogP contribution is -2.36. The van der Waals surface area contributed by atoms with Gasteiger partial charge in [0.15, 0.2) is 12.7 Å². The molecule has 2 rings (SSSR count). The van der Waals surface area contributed by atoms with Gasteiger partial charge in [0.05, 0.1) is 0 Å². The normalized spacial score (nSPS) is 11.5. The number of amides is 1. The fourth-order valence-electron chi connectivity index (χ4n) is 1.89. The number of ether oxygens (including phenoxy) is 2. The molecule has 0 saturated carbocycles. The Hall–Kier alpha value is -2.96. The highest BCUT2D eigenvalue weighted by Crippen LogP contribution is 2.11. The van der Waals surface area contributed by atoms with Gasteiger partial charge in [0.25, 0.3) is 5.91 Å². The molecule has 0 aliphatic carbocycles. The van der Waals surface area contributed by atoms with Crippen molar-refractivity contribution in [3.8, 4) is 5.75 Å². The van der Waals surface area contributed by atoms with E-state index in [1.54, 1.807) is 12.1 Å². The Morgan fingerprint density at radius 3 is 2.16 bits per heavy atom. The Morgan fingerprint density at radius 2 is 1.56 bits per heavy atom. The number of carbonyl (C=O) groups is 2. The van der Waals surface area contributed by atoms with Crippen molar-refractivity contribution >= 4 is 11.9 Å². The molecule has 0 bridgehead atoms. The third kappa shape index (κ3) is 6.21. The number of nitrogens with one attached hydrogen (secondary N) is 1. The number of rotatable bonds is 7. The lowest BCUT2D eigenvalue weighted by molar-refractivity contribution is -0.156. The summed E-state index contributed by atoms with van der Waals surface area (Å²) in [5.41, 5.74) is 0.716. The van der Waals surface area contributed by atoms with Crippen molar-refractivity contribution in [3.05, 3.63) is 65.7 Å². The molecule has 5 nitrogen and oxygen atoms in total. The Bertz CT molecular complexity index is 717. The van der Waals surface area contributed by atoms with E-state index in [-0.39, 0.29) is 12.4 Å². The quantitative estimate of drug-likeness (QED) is 0.781. The molecular weight excluding hydrogens is 332 g/mol. The maximum absolute atomic E-state index is 12.8. The minimum absolute atomic E-state index is 0.188. The molecule has 25 heavy (non-hydrogen) atoms. The predicted molar refractivity (Wildman–Crippen MR) is 85.7 cm³/mol. The van der Waals surface area contributed by atoms with Crippen molar-refractivity contribution < 1.29 is 27.8 Å². The molecule has 1 atom stereocenters. The first kappa shape index (κ1) is 18.4. The smallest absolute Gasteiger partial charge is 0.344 e. The molecule has 0 fully saturated rings. The second-order valence-electron chi connectivity index (χ2n) is 5.22. The summed E-state index contributed by atoms with van der Waals surface area (Å²) in [6.45, 7) is 1.21. The van der Waals surface area contributed by atoms with Gasteiger partial charge in [0, 0.05) is 6.54 Å². The van der Waals surface area contributed by atoms with Crippen LogP contribution in [0.1, 0.15) is 12.5 Å². The highest BCUT2D eigenvalue weighted by atomic mass is 19.1. The zero-order chi connectivity index (χ0) is 18.2. The lowest BCUT2D eigenvalue weighted by Gasteiger charge is -2.14. The van der Waals surface area contributed by atoms with Crippen molar-refractivity contribution in [2.45, 2.75) is 19.6 Å². The monoisotopic (exact) mass is 349 g/mol. The van der Waals surface area contributed by atoms with Gasteiger partial charge in [-0.3, -0.25) is 4.79 Å². The number of esters is 1. The van der Waals surface area contributed by atoms with E-state index in [1.807, 2.05) is 0 Å². The van der Waals surface area contributed by atoms with Gasteiger partial charge in [-0.1, -0.05) is 12.1 Å². The highest BCUT2D eigenvalue weighted by Gasteiger charge is 2.17. The Labute approximate surface area is 143 Å². The van der Waals surface area contributed by atoms with Gasteiger partial charge < -0.3 is 14.8 Å². The number of hydrogen-bond acceptors (Lipinski definition) is 4. The lowest BCUT2D eigenvalue weighted by atomic mass is 10.2. The van der Waals surface area contributed by atoms with Crippen LogP contribution in [0, 0.1) is 11.6 Å². The Kier molecular flexibility index (Phi) is 6.45. The summed E-state index contributed by atoms with van der Waals surface area (Å²) in [6.07, 6.45) is -1.01. The van der Waals surface area contributed by atoms with Crippen LogP contribution >= 0.6 is 0 Å². The van der Waals surface area contributed by atoms with E-state index >= 15 is 0 Å². The molecule has 0 heterocycles. The van der Waals surface area contributed by atoms with Gasteiger partial charge in [0.1, 0.15) is 17.4 Å². The van der Waals surface area contributed by atoms with E-state index in [4.69, 9.17) is 9.47 Å². The first-order chi connectivity index (χ1) is 11.9. The third-order valence-corrected chi connectivity index (χ3v) is 3.23.